The number of aliphatic imine (C=N–C) groups is 1. The highest BCUT2D eigenvalue weighted by Crippen LogP contribution is 2.11. The van der Waals surface area contributed by atoms with E-state index in [0.717, 1.165) is 44.2 Å². The maximum atomic E-state index is 5.59. The Balaban J connectivity index is 0.00000529. The van der Waals surface area contributed by atoms with E-state index in [9.17, 15) is 0 Å². The molecule has 0 saturated heterocycles. The van der Waals surface area contributed by atoms with Gasteiger partial charge < -0.3 is 15.4 Å². The molecule has 0 aromatic carbocycles. The smallest absolute Gasteiger partial charge is 0.191 e. The Bertz CT molecular complexity index is 499. The minimum absolute atomic E-state index is 0. The predicted molar refractivity (Wildman–Crippen MR) is 111 cm³/mol. The number of aryl methyl sites for hydroxylation is 2. The third-order valence-corrected chi connectivity index (χ3v) is 3.93. The van der Waals surface area contributed by atoms with E-state index in [1.165, 1.54) is 11.3 Å². The lowest BCUT2D eigenvalue weighted by Crippen LogP contribution is -2.39. The van der Waals surface area contributed by atoms with Crippen LogP contribution >= 0.6 is 24.0 Å². The Kier molecular flexibility index (Phi) is 12.1. The van der Waals surface area contributed by atoms with Crippen LogP contribution in [0.2, 0.25) is 0 Å². The van der Waals surface area contributed by atoms with Crippen molar-refractivity contribution >= 4 is 29.9 Å². The normalized spacial score (nSPS) is 11.5. The van der Waals surface area contributed by atoms with Gasteiger partial charge in [-0.3, -0.25) is 9.67 Å². The van der Waals surface area contributed by atoms with Crippen molar-refractivity contribution < 1.29 is 4.74 Å². The van der Waals surface area contributed by atoms with E-state index in [2.05, 4.69) is 48.4 Å². The first-order chi connectivity index (χ1) is 11.0. The first-order valence-electron chi connectivity index (χ1n) is 8.47. The Morgan fingerprint density at radius 3 is 2.42 bits per heavy atom. The molecule has 0 saturated carbocycles. The second kappa shape index (κ2) is 12.5. The van der Waals surface area contributed by atoms with E-state index < -0.39 is 0 Å². The van der Waals surface area contributed by atoms with Gasteiger partial charge in [-0.25, -0.2) is 0 Å². The van der Waals surface area contributed by atoms with Gasteiger partial charge in [0.1, 0.15) is 0 Å². The lowest BCUT2D eigenvalue weighted by Gasteiger charge is -2.12. The number of nitrogens with zero attached hydrogens (tertiary/aromatic N) is 3. The van der Waals surface area contributed by atoms with E-state index >= 15 is 0 Å². The van der Waals surface area contributed by atoms with Crippen LogP contribution in [-0.2, 0) is 18.2 Å². The van der Waals surface area contributed by atoms with Gasteiger partial charge in [0.25, 0.3) is 0 Å². The molecule has 0 unspecified atom stereocenters. The van der Waals surface area contributed by atoms with Crippen LogP contribution in [0, 0.1) is 19.8 Å². The molecule has 0 bridgehead atoms. The Labute approximate surface area is 163 Å². The molecule has 2 N–H and O–H groups in total. The summed E-state index contributed by atoms with van der Waals surface area (Å²) in [6, 6.07) is 0. The highest BCUT2D eigenvalue weighted by molar-refractivity contribution is 14.0. The van der Waals surface area contributed by atoms with Crippen LogP contribution in [0.4, 0.5) is 0 Å². The minimum atomic E-state index is 0. The molecule has 0 aliphatic heterocycles. The lowest BCUT2D eigenvalue weighted by molar-refractivity contribution is 0.128. The molecule has 0 atom stereocenters. The molecule has 0 amide bonds. The zero-order valence-electron chi connectivity index (χ0n) is 16.0. The second-order valence-electron chi connectivity index (χ2n) is 6.24. The maximum absolute atomic E-state index is 5.59. The van der Waals surface area contributed by atoms with Crippen LogP contribution in [0.3, 0.4) is 0 Å². The molecule has 1 rings (SSSR count). The summed E-state index contributed by atoms with van der Waals surface area (Å²) in [5, 5.41) is 11.1. The van der Waals surface area contributed by atoms with Crippen molar-refractivity contribution in [2.75, 3.05) is 33.4 Å². The zero-order chi connectivity index (χ0) is 17.2. The quantitative estimate of drug-likeness (QED) is 0.262. The van der Waals surface area contributed by atoms with Crippen LogP contribution in [-0.4, -0.2) is 49.1 Å². The summed E-state index contributed by atoms with van der Waals surface area (Å²) in [5.41, 5.74) is 3.64. The highest BCUT2D eigenvalue weighted by atomic mass is 127. The number of rotatable bonds is 9. The molecule has 0 spiro atoms. The van der Waals surface area contributed by atoms with Crippen molar-refractivity contribution in [2.45, 2.75) is 40.5 Å². The molecule has 24 heavy (non-hydrogen) atoms. The second-order valence-corrected chi connectivity index (χ2v) is 6.24. The van der Waals surface area contributed by atoms with Gasteiger partial charge in [-0.1, -0.05) is 13.8 Å². The van der Waals surface area contributed by atoms with Crippen molar-refractivity contribution in [3.05, 3.63) is 17.0 Å². The summed E-state index contributed by atoms with van der Waals surface area (Å²) < 4.78 is 7.53. The van der Waals surface area contributed by atoms with Gasteiger partial charge in [0.15, 0.2) is 5.96 Å². The molecule has 0 aliphatic carbocycles. The summed E-state index contributed by atoms with van der Waals surface area (Å²) in [4.78, 5) is 4.23. The number of hydrogen-bond acceptors (Lipinski definition) is 3. The van der Waals surface area contributed by atoms with Gasteiger partial charge >= 0.3 is 0 Å². The van der Waals surface area contributed by atoms with Crippen molar-refractivity contribution in [1.82, 2.24) is 20.4 Å². The van der Waals surface area contributed by atoms with Crippen LogP contribution in [0.1, 0.15) is 37.2 Å². The highest BCUT2D eigenvalue weighted by Gasteiger charge is 2.08. The number of ether oxygens (including phenoxy) is 1. The van der Waals surface area contributed by atoms with E-state index in [1.807, 2.05) is 11.7 Å². The van der Waals surface area contributed by atoms with Crippen LogP contribution in [0.15, 0.2) is 4.99 Å². The van der Waals surface area contributed by atoms with Crippen molar-refractivity contribution in [3.63, 3.8) is 0 Å². The van der Waals surface area contributed by atoms with Crippen molar-refractivity contribution in [1.29, 1.82) is 0 Å². The van der Waals surface area contributed by atoms with Gasteiger partial charge in [0, 0.05) is 39.5 Å². The first-order valence-corrected chi connectivity index (χ1v) is 8.47. The number of hydrogen-bond donors (Lipinski definition) is 2. The summed E-state index contributed by atoms with van der Waals surface area (Å²) in [5.74, 6) is 1.51. The molecule has 0 radical (unpaired) electrons. The Morgan fingerprint density at radius 2 is 1.88 bits per heavy atom. The molecule has 140 valence electrons. The monoisotopic (exact) mass is 451 g/mol. The molecule has 1 aromatic rings. The van der Waals surface area contributed by atoms with Crippen LogP contribution in [0.25, 0.3) is 0 Å². The molecule has 0 aliphatic rings. The SMILES string of the molecule is CN=C(NCCOCCC(C)C)NCCc1c(C)nn(C)c1C.I. The number of aromatic nitrogens is 2. The number of nitrogens with one attached hydrogen (secondary N) is 2. The molecular formula is C17H34IN5O. The number of guanidine groups is 1. The largest absolute Gasteiger partial charge is 0.380 e. The fourth-order valence-corrected chi connectivity index (χ4v) is 2.37. The van der Waals surface area contributed by atoms with Gasteiger partial charge in [0.2, 0.25) is 0 Å². The number of halogens is 1. The van der Waals surface area contributed by atoms with Crippen LogP contribution in [0.5, 0.6) is 0 Å². The van der Waals surface area contributed by atoms with E-state index in [-0.39, 0.29) is 24.0 Å². The molecule has 1 heterocycles. The van der Waals surface area contributed by atoms with E-state index in [1.54, 1.807) is 7.05 Å². The topological polar surface area (TPSA) is 63.5 Å². The zero-order valence-corrected chi connectivity index (χ0v) is 18.3. The van der Waals surface area contributed by atoms with Gasteiger partial charge in [-0.15, -0.1) is 24.0 Å². The molecule has 7 heteroatoms. The maximum Gasteiger partial charge on any atom is 0.191 e. The van der Waals surface area contributed by atoms with Crippen molar-refractivity contribution in [2.24, 2.45) is 18.0 Å². The van der Waals surface area contributed by atoms with Gasteiger partial charge in [-0.05, 0) is 38.2 Å². The Morgan fingerprint density at radius 1 is 1.21 bits per heavy atom. The fraction of sp³-hybridized carbons (Fsp3) is 0.765. The van der Waals surface area contributed by atoms with E-state index in [4.69, 9.17) is 4.74 Å². The molecule has 1 aromatic heterocycles. The first kappa shape index (κ1) is 23.2. The van der Waals surface area contributed by atoms with Crippen LogP contribution < -0.4 is 10.6 Å². The molecule has 6 nitrogen and oxygen atoms in total. The third-order valence-electron chi connectivity index (χ3n) is 3.93. The summed E-state index contributed by atoms with van der Waals surface area (Å²) in [6.07, 6.45) is 2.05. The van der Waals surface area contributed by atoms with Gasteiger partial charge in [0.05, 0.1) is 12.3 Å². The Hall–Kier alpha value is -0.830. The lowest BCUT2D eigenvalue weighted by atomic mass is 10.1. The predicted octanol–water partition coefficient (Wildman–Crippen LogP) is 2.43. The minimum Gasteiger partial charge on any atom is -0.380 e. The summed E-state index contributed by atoms with van der Waals surface area (Å²) in [7, 11) is 3.77. The third kappa shape index (κ3) is 8.32. The van der Waals surface area contributed by atoms with Gasteiger partial charge in [-0.2, -0.15) is 5.10 Å². The standard InChI is InChI=1S/C17H33N5O.HI/c1-13(2)8-11-23-12-10-20-17(18-5)19-9-7-16-14(3)21-22(6)15(16)4;/h13H,7-12H2,1-6H3,(H2,18,19,20);1H. The molecule has 0 fully saturated rings. The molecular weight excluding hydrogens is 417 g/mol. The van der Waals surface area contributed by atoms with Crippen molar-refractivity contribution in [3.8, 4) is 0 Å². The average Bonchev–Trinajstić information content (AvgIpc) is 2.74. The summed E-state index contributed by atoms with van der Waals surface area (Å²) >= 11 is 0. The average molecular weight is 451 g/mol. The van der Waals surface area contributed by atoms with E-state index in [0.29, 0.717) is 12.5 Å². The fourth-order valence-electron chi connectivity index (χ4n) is 2.37. The summed E-state index contributed by atoms with van der Waals surface area (Å²) in [6.45, 7) is 11.7.